The Morgan fingerprint density at radius 1 is 1.24 bits per heavy atom. The monoisotopic (exact) mass is 644 g/mol. The molecule has 2 fully saturated rings. The van der Waals surface area contributed by atoms with Crippen LogP contribution in [0.3, 0.4) is 0 Å². The minimum Gasteiger partial charge on any atom is -0.482 e. The Morgan fingerprint density at radius 3 is 2.85 bits per heavy atom. The summed E-state index contributed by atoms with van der Waals surface area (Å²) in [5.74, 6) is 2.41. The number of hydrogen-bond acceptors (Lipinski definition) is 9. The lowest BCUT2D eigenvalue weighted by Gasteiger charge is -2.46. The van der Waals surface area contributed by atoms with Crippen LogP contribution < -0.4 is 20.7 Å². The summed E-state index contributed by atoms with van der Waals surface area (Å²) >= 11 is 1.37. The van der Waals surface area contributed by atoms with Crippen molar-refractivity contribution in [3.63, 3.8) is 0 Å². The van der Waals surface area contributed by atoms with Gasteiger partial charge in [-0.2, -0.15) is 5.01 Å². The van der Waals surface area contributed by atoms with Gasteiger partial charge in [-0.25, -0.2) is 14.8 Å². The number of piperazine rings is 1. The largest absolute Gasteiger partial charge is 0.482 e. The summed E-state index contributed by atoms with van der Waals surface area (Å²) in [6.07, 6.45) is 6.93. The van der Waals surface area contributed by atoms with Crippen LogP contribution >= 0.6 is 11.3 Å². The summed E-state index contributed by atoms with van der Waals surface area (Å²) in [5, 5.41) is 6.40. The van der Waals surface area contributed by atoms with Crippen molar-refractivity contribution in [2.45, 2.75) is 44.9 Å². The molecule has 0 aliphatic carbocycles. The van der Waals surface area contributed by atoms with Crippen molar-refractivity contribution in [2.75, 3.05) is 50.5 Å². The molecule has 240 valence electrons. The first-order valence-corrected chi connectivity index (χ1v) is 16.0. The molecule has 0 bridgehead atoms. The van der Waals surface area contributed by atoms with Crippen LogP contribution in [0.4, 0.5) is 15.6 Å². The maximum atomic E-state index is 14.3. The van der Waals surface area contributed by atoms with E-state index in [1.54, 1.807) is 27.9 Å². The van der Waals surface area contributed by atoms with E-state index >= 15 is 0 Å². The molecule has 0 radical (unpaired) electrons. The molecule has 3 aliphatic rings. The van der Waals surface area contributed by atoms with Gasteiger partial charge < -0.3 is 30.5 Å². The van der Waals surface area contributed by atoms with E-state index in [0.717, 1.165) is 34.2 Å². The van der Waals surface area contributed by atoms with Crippen LogP contribution in [-0.4, -0.2) is 101 Å². The minimum absolute atomic E-state index is 0.0449. The SMILES string of the molecule is C#CCN(C(=O)NCCCC)N1CC(=O)N2[C@@H](Cc3ccc4c(c3)N(C)C(=O)CO4)C(=O)N(Cc3cccc4sc(N)nc34)C[C@@H]21. The van der Waals surface area contributed by atoms with Gasteiger partial charge in [0.2, 0.25) is 11.8 Å². The molecule has 2 aromatic carbocycles. The van der Waals surface area contributed by atoms with Crippen molar-refractivity contribution < 1.29 is 23.9 Å². The molecular weight excluding hydrogens is 608 g/mol. The molecule has 46 heavy (non-hydrogen) atoms. The van der Waals surface area contributed by atoms with Crippen molar-refractivity contribution in [2.24, 2.45) is 0 Å². The summed E-state index contributed by atoms with van der Waals surface area (Å²) in [4.78, 5) is 63.0. The number of likely N-dealkylation sites (N-methyl/N-ethyl adjacent to an activating group) is 1. The lowest BCUT2D eigenvalue weighted by Crippen LogP contribution is -2.66. The van der Waals surface area contributed by atoms with Crippen molar-refractivity contribution in [3.8, 4) is 18.1 Å². The number of carbonyl (C=O) groups excluding carboxylic acids is 4. The zero-order chi connectivity index (χ0) is 32.5. The maximum absolute atomic E-state index is 14.3. The zero-order valence-corrected chi connectivity index (χ0v) is 26.6. The third-order valence-corrected chi connectivity index (χ3v) is 9.43. The number of urea groups is 1. The summed E-state index contributed by atoms with van der Waals surface area (Å²) in [6, 6.07) is 9.90. The normalized spacial score (nSPS) is 19.6. The highest BCUT2D eigenvalue weighted by atomic mass is 32.1. The molecule has 6 rings (SSSR count). The number of anilines is 2. The number of hydrogen-bond donors (Lipinski definition) is 2. The molecule has 2 atom stereocenters. The second-order valence-corrected chi connectivity index (χ2v) is 12.6. The fourth-order valence-corrected chi connectivity index (χ4v) is 7.03. The molecule has 3 aromatic rings. The lowest BCUT2D eigenvalue weighted by atomic mass is 9.99. The Kier molecular flexibility index (Phi) is 8.70. The number of para-hydroxylation sites is 1. The number of aromatic nitrogens is 1. The Hall–Kier alpha value is -4.87. The van der Waals surface area contributed by atoms with Crippen molar-refractivity contribution in [3.05, 3.63) is 47.5 Å². The van der Waals surface area contributed by atoms with Crippen LogP contribution in [0.15, 0.2) is 36.4 Å². The average Bonchev–Trinajstić information content (AvgIpc) is 3.58. The highest BCUT2D eigenvalue weighted by Crippen LogP contribution is 2.35. The minimum atomic E-state index is -0.879. The Morgan fingerprint density at radius 2 is 2.07 bits per heavy atom. The van der Waals surface area contributed by atoms with Crippen molar-refractivity contribution in [1.82, 2.24) is 30.1 Å². The fraction of sp³-hybridized carbons (Fsp3) is 0.406. The quantitative estimate of drug-likeness (QED) is 0.266. The highest BCUT2D eigenvalue weighted by Gasteiger charge is 2.52. The van der Waals surface area contributed by atoms with Gasteiger partial charge in [0.1, 0.15) is 18.0 Å². The number of benzene rings is 2. The molecule has 0 saturated carbocycles. The van der Waals surface area contributed by atoms with Gasteiger partial charge in [-0.05, 0) is 35.7 Å². The van der Waals surface area contributed by atoms with Crippen molar-refractivity contribution in [1.29, 1.82) is 0 Å². The number of carbonyl (C=O) groups is 4. The first-order chi connectivity index (χ1) is 22.2. The first-order valence-electron chi connectivity index (χ1n) is 15.2. The van der Waals surface area contributed by atoms with Gasteiger partial charge >= 0.3 is 6.03 Å². The van der Waals surface area contributed by atoms with Crippen LogP contribution in [0.25, 0.3) is 10.2 Å². The number of rotatable bonds is 9. The van der Waals surface area contributed by atoms with Crippen LogP contribution in [0.2, 0.25) is 0 Å². The van der Waals surface area contributed by atoms with Gasteiger partial charge in [-0.1, -0.05) is 48.8 Å². The number of amides is 5. The number of nitrogens with zero attached hydrogens (tertiary/aromatic N) is 6. The van der Waals surface area contributed by atoms with Crippen LogP contribution in [-0.2, 0) is 27.3 Å². The highest BCUT2D eigenvalue weighted by molar-refractivity contribution is 7.22. The van der Waals surface area contributed by atoms with Crippen LogP contribution in [0.5, 0.6) is 5.75 Å². The van der Waals surface area contributed by atoms with E-state index in [4.69, 9.17) is 16.9 Å². The number of thiazole rings is 1. The van der Waals surface area contributed by atoms with Gasteiger partial charge in [0, 0.05) is 26.6 Å². The van der Waals surface area contributed by atoms with Gasteiger partial charge in [0.05, 0.1) is 35.5 Å². The number of nitrogens with one attached hydrogen (secondary N) is 1. The summed E-state index contributed by atoms with van der Waals surface area (Å²) in [5.41, 5.74) is 8.91. The molecule has 3 N–H and O–H groups in total. The smallest absolute Gasteiger partial charge is 0.332 e. The molecule has 3 aliphatic heterocycles. The molecular formula is C32H36N8O5S. The Bertz CT molecular complexity index is 1740. The fourth-order valence-electron chi connectivity index (χ4n) is 6.24. The van der Waals surface area contributed by atoms with E-state index in [-0.39, 0.29) is 56.9 Å². The standard InChI is InChI=1S/C32H36N8O5S/c1-4-6-12-34-32(44)38(13-5-2)39-18-27(41)40-23(15-20-10-11-24-22(14-20)36(3)28(42)19-45-24)30(43)37(17-26(39)40)16-21-8-7-9-25-29(21)35-31(33)46-25/h2,7-11,14,23,26H,4,6,12-13,15-19H2,1,3H3,(H2,33,35)(H,34,44)/t23-,26+/m0/s1. The summed E-state index contributed by atoms with van der Waals surface area (Å²) < 4.78 is 6.50. The molecule has 1 aromatic heterocycles. The molecule has 2 saturated heterocycles. The van der Waals surface area contributed by atoms with Crippen molar-refractivity contribution >= 4 is 56.1 Å². The summed E-state index contributed by atoms with van der Waals surface area (Å²) in [7, 11) is 1.68. The van der Waals surface area contributed by atoms with Crippen LogP contribution in [0, 0.1) is 12.3 Å². The number of nitrogen functional groups attached to an aromatic ring is 1. The van der Waals surface area contributed by atoms with Gasteiger partial charge in [0.25, 0.3) is 5.91 Å². The Labute approximate surface area is 270 Å². The summed E-state index contributed by atoms with van der Waals surface area (Å²) in [6.45, 7) is 2.68. The average molecular weight is 645 g/mol. The molecule has 0 spiro atoms. The number of ether oxygens (including phenoxy) is 1. The number of nitrogens with two attached hydrogens (primary N) is 1. The number of terminal acetylenes is 1. The predicted octanol–water partition coefficient (Wildman–Crippen LogP) is 2.02. The zero-order valence-electron chi connectivity index (χ0n) is 25.8. The van der Waals surface area contributed by atoms with E-state index in [1.165, 1.54) is 21.2 Å². The van der Waals surface area contributed by atoms with Gasteiger partial charge in [-0.3, -0.25) is 14.4 Å². The third-order valence-electron chi connectivity index (χ3n) is 8.58. The third kappa shape index (κ3) is 5.79. The van der Waals surface area contributed by atoms with Crippen LogP contribution in [0.1, 0.15) is 30.9 Å². The van der Waals surface area contributed by atoms with E-state index in [0.29, 0.717) is 23.1 Å². The number of fused-ring (bicyclic) bond motifs is 3. The molecule has 13 nitrogen and oxygen atoms in total. The lowest BCUT2D eigenvalue weighted by molar-refractivity contribution is -0.157. The Balaban J connectivity index is 1.35. The second kappa shape index (κ2) is 12.9. The van der Waals surface area contributed by atoms with E-state index in [9.17, 15) is 19.2 Å². The second-order valence-electron chi connectivity index (χ2n) is 11.5. The molecule has 4 heterocycles. The molecule has 5 amide bonds. The molecule has 0 unspecified atom stereocenters. The van der Waals surface area contributed by atoms with Gasteiger partial charge in [-0.15, -0.1) is 6.42 Å². The predicted molar refractivity (Wildman–Crippen MR) is 173 cm³/mol. The number of hydrazine groups is 1. The van der Waals surface area contributed by atoms with Gasteiger partial charge in [0.15, 0.2) is 11.7 Å². The van der Waals surface area contributed by atoms with E-state index < -0.39 is 18.2 Å². The number of unbranched alkanes of at least 4 members (excludes halogenated alkanes) is 1. The van der Waals surface area contributed by atoms with E-state index in [1.807, 2.05) is 37.3 Å². The topological polar surface area (TPSA) is 145 Å². The first kappa shape index (κ1) is 31.1. The molecule has 14 heteroatoms. The van der Waals surface area contributed by atoms with E-state index in [2.05, 4.69) is 16.2 Å². The maximum Gasteiger partial charge on any atom is 0.332 e.